The summed E-state index contributed by atoms with van der Waals surface area (Å²) in [6.07, 6.45) is 0. The second-order valence-electron chi connectivity index (χ2n) is 10.7. The topological polar surface area (TPSA) is 74.8 Å². The van der Waals surface area contributed by atoms with Gasteiger partial charge in [-0.3, -0.25) is 0 Å². The highest BCUT2D eigenvalue weighted by Crippen LogP contribution is 2.43. The van der Waals surface area contributed by atoms with E-state index in [9.17, 15) is 16.8 Å². The molecule has 0 saturated heterocycles. The van der Waals surface area contributed by atoms with Crippen LogP contribution in [0.5, 0.6) is 0 Å². The Labute approximate surface area is 278 Å². The van der Waals surface area contributed by atoms with Gasteiger partial charge in [-0.15, -0.1) is 22.7 Å². The van der Waals surface area contributed by atoms with Gasteiger partial charge in [0.05, 0.1) is 8.67 Å². The first kappa shape index (κ1) is 33.1. The molecular weight excluding hydrogens is 676 g/mol. The zero-order valence-corrected chi connectivity index (χ0v) is 29.0. The normalized spacial score (nSPS) is 18.9. The van der Waals surface area contributed by atoms with E-state index in [2.05, 4.69) is 25.3 Å². The summed E-state index contributed by atoms with van der Waals surface area (Å²) in [5, 5.41) is 2.03. The SMILES string of the molecule is C=CS(=O)(=O)N1Cc2sc(Cl)cc2[C@@H](c2ccccc2C)C1.C=CS(=O)(=O)N1Cc2sc(Cl)cc2[C@H](c2ccccc2C)C1. The number of fused-ring (bicyclic) bond motifs is 2. The van der Waals surface area contributed by atoms with E-state index in [1.807, 2.05) is 62.4 Å². The molecule has 2 aliphatic heterocycles. The lowest BCUT2D eigenvalue weighted by Crippen LogP contribution is -2.36. The molecule has 2 aliphatic rings. The zero-order valence-electron chi connectivity index (χ0n) is 24.2. The van der Waals surface area contributed by atoms with Gasteiger partial charge in [-0.2, -0.15) is 8.61 Å². The number of sulfonamides is 2. The minimum absolute atomic E-state index is 0.00317. The van der Waals surface area contributed by atoms with E-state index >= 15 is 0 Å². The second kappa shape index (κ2) is 13.2. The standard InChI is InChI=1S/2C16H16ClNO2S2/c2*1-3-22(19,20)18-9-14(12-7-5-4-6-11(12)2)13-8-16(17)21-15(13)10-18/h2*3-8,14H,1,9-10H2,2H3/t2*14-/m10/s1. The van der Waals surface area contributed by atoms with Crippen LogP contribution in [0.1, 0.15) is 55.0 Å². The van der Waals surface area contributed by atoms with Gasteiger partial charge in [-0.05, 0) is 59.4 Å². The molecule has 0 saturated carbocycles. The molecule has 44 heavy (non-hydrogen) atoms. The molecular formula is C32H32Cl2N2O4S4. The molecule has 2 aromatic carbocycles. The van der Waals surface area contributed by atoms with Crippen LogP contribution in [0, 0.1) is 13.8 Å². The third-order valence-corrected chi connectivity index (χ3v) is 13.4. The summed E-state index contributed by atoms with van der Waals surface area (Å²) in [6, 6.07) is 20.1. The number of aryl methyl sites for hydroxylation is 2. The summed E-state index contributed by atoms with van der Waals surface area (Å²) in [5.74, 6) is 0.00634. The van der Waals surface area contributed by atoms with Crippen LogP contribution in [0.25, 0.3) is 0 Å². The Balaban J connectivity index is 0.000000175. The first-order valence-electron chi connectivity index (χ1n) is 13.8. The maximum atomic E-state index is 12.2. The quantitative estimate of drug-likeness (QED) is 0.202. The van der Waals surface area contributed by atoms with Gasteiger partial charge in [0.25, 0.3) is 0 Å². The van der Waals surface area contributed by atoms with Crippen LogP contribution >= 0.6 is 45.9 Å². The minimum Gasteiger partial charge on any atom is -0.208 e. The Morgan fingerprint density at radius 2 is 1.05 bits per heavy atom. The van der Waals surface area contributed by atoms with Crippen LogP contribution in [-0.4, -0.2) is 38.5 Å². The van der Waals surface area contributed by atoms with E-state index < -0.39 is 20.0 Å². The molecule has 0 radical (unpaired) electrons. The third-order valence-electron chi connectivity index (χ3n) is 8.06. The average Bonchev–Trinajstić information content (AvgIpc) is 3.57. The monoisotopic (exact) mass is 706 g/mol. The van der Waals surface area contributed by atoms with Crippen molar-refractivity contribution in [2.75, 3.05) is 13.1 Å². The lowest BCUT2D eigenvalue weighted by Gasteiger charge is -2.32. The van der Waals surface area contributed by atoms with Crippen LogP contribution < -0.4 is 0 Å². The van der Waals surface area contributed by atoms with Crippen LogP contribution in [0.2, 0.25) is 8.67 Å². The number of halogens is 2. The number of benzene rings is 2. The van der Waals surface area contributed by atoms with Crippen molar-refractivity contribution in [2.24, 2.45) is 0 Å². The van der Waals surface area contributed by atoms with E-state index in [0.717, 1.165) is 54.0 Å². The van der Waals surface area contributed by atoms with E-state index in [-0.39, 0.29) is 11.8 Å². The average molecular weight is 708 g/mol. The fraction of sp³-hybridized carbons (Fsp3) is 0.250. The molecule has 6 rings (SSSR count). The van der Waals surface area contributed by atoms with Crippen molar-refractivity contribution in [3.8, 4) is 0 Å². The maximum Gasteiger partial charge on any atom is 0.235 e. The molecule has 6 nitrogen and oxygen atoms in total. The van der Waals surface area contributed by atoms with Crippen LogP contribution in [-0.2, 0) is 33.1 Å². The smallest absolute Gasteiger partial charge is 0.208 e. The first-order valence-corrected chi connectivity index (χ1v) is 19.2. The lowest BCUT2D eigenvalue weighted by atomic mass is 9.87. The van der Waals surface area contributed by atoms with Crippen molar-refractivity contribution in [1.82, 2.24) is 8.61 Å². The number of hydrogen-bond donors (Lipinski definition) is 0. The van der Waals surface area contributed by atoms with Crippen molar-refractivity contribution in [2.45, 2.75) is 38.8 Å². The number of hydrogen-bond acceptors (Lipinski definition) is 6. The molecule has 0 fully saturated rings. The molecule has 4 aromatic rings. The largest absolute Gasteiger partial charge is 0.235 e. The summed E-state index contributed by atoms with van der Waals surface area (Å²) in [6.45, 7) is 12.5. The third kappa shape index (κ3) is 6.78. The molecule has 0 amide bonds. The molecule has 0 aliphatic carbocycles. The van der Waals surface area contributed by atoms with E-state index in [0.29, 0.717) is 34.9 Å². The van der Waals surface area contributed by atoms with Gasteiger partial charge in [-0.25, -0.2) is 16.8 Å². The molecule has 4 heterocycles. The maximum absolute atomic E-state index is 12.2. The van der Waals surface area contributed by atoms with Crippen LogP contribution in [0.3, 0.4) is 0 Å². The molecule has 232 valence electrons. The van der Waals surface area contributed by atoms with Crippen LogP contribution in [0.4, 0.5) is 0 Å². The van der Waals surface area contributed by atoms with Gasteiger partial charge in [0.1, 0.15) is 0 Å². The number of nitrogens with zero attached hydrogens (tertiary/aromatic N) is 2. The van der Waals surface area contributed by atoms with Crippen LogP contribution in [0.15, 0.2) is 84.6 Å². The number of thiophene rings is 2. The summed E-state index contributed by atoms with van der Waals surface area (Å²) < 4.78 is 53.2. The van der Waals surface area contributed by atoms with Crippen molar-refractivity contribution in [3.05, 3.63) is 136 Å². The highest BCUT2D eigenvalue weighted by molar-refractivity contribution is 7.92. The van der Waals surface area contributed by atoms with Gasteiger partial charge >= 0.3 is 0 Å². The summed E-state index contributed by atoms with van der Waals surface area (Å²) in [7, 11) is -6.90. The van der Waals surface area contributed by atoms with Gasteiger partial charge in [-0.1, -0.05) is 84.9 Å². The summed E-state index contributed by atoms with van der Waals surface area (Å²) in [4.78, 5) is 2.02. The first-order chi connectivity index (χ1) is 20.8. The zero-order chi connectivity index (χ0) is 31.8. The molecule has 2 aromatic heterocycles. The molecule has 0 N–H and O–H groups in total. The van der Waals surface area contributed by atoms with Gasteiger partial charge in [0.15, 0.2) is 0 Å². The lowest BCUT2D eigenvalue weighted by molar-refractivity contribution is 0.380. The highest BCUT2D eigenvalue weighted by atomic mass is 35.5. The van der Waals surface area contributed by atoms with Gasteiger partial charge in [0.2, 0.25) is 20.0 Å². The Kier molecular flexibility index (Phi) is 9.94. The second-order valence-corrected chi connectivity index (χ2v) is 18.0. The molecule has 0 spiro atoms. The summed E-state index contributed by atoms with van der Waals surface area (Å²) in [5.41, 5.74) is 6.86. The summed E-state index contributed by atoms with van der Waals surface area (Å²) >= 11 is 15.2. The van der Waals surface area contributed by atoms with Gasteiger partial charge in [0, 0.05) is 58.6 Å². The molecule has 0 bridgehead atoms. The fourth-order valence-corrected chi connectivity index (χ4v) is 10.4. The van der Waals surface area contributed by atoms with E-state index in [4.69, 9.17) is 23.2 Å². The van der Waals surface area contributed by atoms with Gasteiger partial charge < -0.3 is 0 Å². The Morgan fingerprint density at radius 1 is 0.682 bits per heavy atom. The van der Waals surface area contributed by atoms with Crippen molar-refractivity contribution < 1.29 is 16.8 Å². The fourth-order valence-electron chi connectivity index (χ4n) is 5.79. The predicted octanol–water partition coefficient (Wildman–Crippen LogP) is 8.26. The molecule has 12 heteroatoms. The Bertz CT molecular complexity index is 1790. The minimum atomic E-state index is -3.45. The van der Waals surface area contributed by atoms with Crippen molar-refractivity contribution in [3.63, 3.8) is 0 Å². The number of rotatable bonds is 6. The Hall–Kier alpha value is -2.28. The highest BCUT2D eigenvalue weighted by Gasteiger charge is 2.35. The van der Waals surface area contributed by atoms with Crippen molar-refractivity contribution in [1.29, 1.82) is 0 Å². The van der Waals surface area contributed by atoms with E-state index in [1.54, 1.807) is 0 Å². The Morgan fingerprint density at radius 3 is 1.39 bits per heavy atom. The van der Waals surface area contributed by atoms with Crippen molar-refractivity contribution >= 4 is 65.9 Å². The van der Waals surface area contributed by atoms with E-state index in [1.165, 1.54) is 31.3 Å². The molecule has 0 unspecified atom stereocenters. The predicted molar refractivity (Wildman–Crippen MR) is 184 cm³/mol. The molecule has 2 atom stereocenters.